The van der Waals surface area contributed by atoms with Crippen LogP contribution in [-0.4, -0.2) is 19.6 Å². The molecule has 0 spiro atoms. The third-order valence-electron chi connectivity index (χ3n) is 3.26. The van der Waals surface area contributed by atoms with Gasteiger partial charge >= 0.3 is 6.18 Å². The standard InChI is InChI=1S/C13H11F4N3O/c14-9-3-7(6-21)4-18-11(9)12-19-10(13(15,16)17)5-20(12)8-1-2-8/h3-5,8,21H,1-2,6H2. The van der Waals surface area contributed by atoms with Crippen molar-refractivity contribution in [1.29, 1.82) is 0 Å². The first kappa shape index (κ1) is 14.0. The number of nitrogens with zero attached hydrogens (tertiary/aromatic N) is 3. The molecule has 0 bridgehead atoms. The Hall–Kier alpha value is -1.96. The summed E-state index contributed by atoms with van der Waals surface area (Å²) < 4.78 is 53.6. The van der Waals surface area contributed by atoms with Crippen molar-refractivity contribution in [3.8, 4) is 11.5 Å². The monoisotopic (exact) mass is 301 g/mol. The average molecular weight is 301 g/mol. The summed E-state index contributed by atoms with van der Waals surface area (Å²) in [6.45, 7) is -0.394. The van der Waals surface area contributed by atoms with E-state index in [4.69, 9.17) is 5.11 Å². The maximum absolute atomic E-state index is 14.0. The van der Waals surface area contributed by atoms with Crippen molar-refractivity contribution in [1.82, 2.24) is 14.5 Å². The van der Waals surface area contributed by atoms with Gasteiger partial charge in [0.15, 0.2) is 17.3 Å². The van der Waals surface area contributed by atoms with Gasteiger partial charge < -0.3 is 9.67 Å². The van der Waals surface area contributed by atoms with Gasteiger partial charge in [-0.3, -0.25) is 0 Å². The first-order chi connectivity index (χ1) is 9.90. The maximum Gasteiger partial charge on any atom is 0.434 e. The molecule has 3 rings (SSSR count). The second kappa shape index (κ2) is 4.80. The third kappa shape index (κ3) is 2.63. The van der Waals surface area contributed by atoms with E-state index in [1.165, 1.54) is 10.8 Å². The van der Waals surface area contributed by atoms with E-state index < -0.39 is 24.3 Å². The van der Waals surface area contributed by atoms with Gasteiger partial charge in [-0.05, 0) is 24.5 Å². The first-order valence-electron chi connectivity index (χ1n) is 6.32. The van der Waals surface area contributed by atoms with E-state index in [9.17, 15) is 17.6 Å². The van der Waals surface area contributed by atoms with Crippen LogP contribution in [0.5, 0.6) is 0 Å². The molecule has 0 aromatic carbocycles. The molecule has 0 amide bonds. The Morgan fingerprint density at radius 2 is 2.05 bits per heavy atom. The smallest absolute Gasteiger partial charge is 0.392 e. The summed E-state index contributed by atoms with van der Waals surface area (Å²) in [6, 6.07) is 0.948. The van der Waals surface area contributed by atoms with E-state index in [0.29, 0.717) is 0 Å². The number of hydrogen-bond acceptors (Lipinski definition) is 3. The minimum Gasteiger partial charge on any atom is -0.392 e. The highest BCUT2D eigenvalue weighted by atomic mass is 19.4. The summed E-state index contributed by atoms with van der Waals surface area (Å²) in [7, 11) is 0. The van der Waals surface area contributed by atoms with Crippen molar-refractivity contribution in [3.63, 3.8) is 0 Å². The predicted molar refractivity (Wildman–Crippen MR) is 64.6 cm³/mol. The van der Waals surface area contributed by atoms with Crippen molar-refractivity contribution in [3.05, 3.63) is 35.5 Å². The molecule has 2 aromatic rings. The number of aliphatic hydroxyl groups is 1. The highest BCUT2D eigenvalue weighted by molar-refractivity contribution is 5.52. The lowest BCUT2D eigenvalue weighted by Gasteiger charge is -2.06. The number of imidazole rings is 1. The summed E-state index contributed by atoms with van der Waals surface area (Å²) >= 11 is 0. The van der Waals surface area contributed by atoms with Crippen LogP contribution in [0.4, 0.5) is 17.6 Å². The lowest BCUT2D eigenvalue weighted by Crippen LogP contribution is -2.05. The number of aromatic nitrogens is 3. The lowest BCUT2D eigenvalue weighted by atomic mass is 10.2. The van der Waals surface area contributed by atoms with Crippen LogP contribution in [-0.2, 0) is 12.8 Å². The van der Waals surface area contributed by atoms with Crippen LogP contribution in [0, 0.1) is 5.82 Å². The van der Waals surface area contributed by atoms with Gasteiger partial charge in [-0.1, -0.05) is 0 Å². The molecule has 2 heterocycles. The minimum atomic E-state index is -4.59. The number of hydrogen-bond donors (Lipinski definition) is 1. The number of aliphatic hydroxyl groups excluding tert-OH is 1. The van der Waals surface area contributed by atoms with Crippen molar-refractivity contribution in [2.45, 2.75) is 31.7 Å². The molecule has 2 aromatic heterocycles. The van der Waals surface area contributed by atoms with E-state index in [-0.39, 0.29) is 23.1 Å². The van der Waals surface area contributed by atoms with Gasteiger partial charge in [0.2, 0.25) is 0 Å². The van der Waals surface area contributed by atoms with Gasteiger partial charge in [0.1, 0.15) is 5.69 Å². The van der Waals surface area contributed by atoms with E-state index in [1.54, 1.807) is 0 Å². The molecule has 1 aliphatic carbocycles. The van der Waals surface area contributed by atoms with Crippen molar-refractivity contribution in [2.75, 3.05) is 0 Å². The summed E-state index contributed by atoms with van der Waals surface area (Å²) in [5.41, 5.74) is -1.05. The number of rotatable bonds is 3. The Kier molecular flexibility index (Phi) is 3.20. The number of pyridine rings is 1. The Morgan fingerprint density at radius 3 is 2.57 bits per heavy atom. The van der Waals surface area contributed by atoms with E-state index >= 15 is 0 Å². The van der Waals surface area contributed by atoms with E-state index in [0.717, 1.165) is 25.1 Å². The second-order valence-corrected chi connectivity index (χ2v) is 4.92. The highest BCUT2D eigenvalue weighted by Crippen LogP contribution is 2.40. The van der Waals surface area contributed by atoms with Gasteiger partial charge in [0, 0.05) is 18.4 Å². The van der Waals surface area contributed by atoms with Gasteiger partial charge in [-0.25, -0.2) is 14.4 Å². The quantitative estimate of drug-likeness (QED) is 0.887. The fourth-order valence-electron chi connectivity index (χ4n) is 2.06. The van der Waals surface area contributed by atoms with Gasteiger partial charge in [0.25, 0.3) is 0 Å². The SMILES string of the molecule is OCc1cnc(-c2nc(C(F)(F)F)cn2C2CC2)c(F)c1. The van der Waals surface area contributed by atoms with Crippen molar-refractivity contribution >= 4 is 0 Å². The van der Waals surface area contributed by atoms with Crippen molar-refractivity contribution < 1.29 is 22.7 Å². The molecule has 4 nitrogen and oxygen atoms in total. The molecule has 0 unspecified atom stereocenters. The molecule has 0 aliphatic heterocycles. The van der Waals surface area contributed by atoms with Gasteiger partial charge in [-0.15, -0.1) is 0 Å². The van der Waals surface area contributed by atoms with Crippen molar-refractivity contribution in [2.24, 2.45) is 0 Å². The van der Waals surface area contributed by atoms with Gasteiger partial charge in [0.05, 0.1) is 6.61 Å². The average Bonchev–Trinajstić information content (AvgIpc) is 3.16. The molecule has 1 fully saturated rings. The van der Waals surface area contributed by atoms with Crippen LogP contribution in [0.15, 0.2) is 18.5 Å². The first-order valence-corrected chi connectivity index (χ1v) is 6.32. The molecule has 8 heteroatoms. The summed E-state index contributed by atoms with van der Waals surface area (Å²) in [6.07, 6.45) is -1.00. The molecule has 112 valence electrons. The highest BCUT2D eigenvalue weighted by Gasteiger charge is 2.38. The van der Waals surface area contributed by atoms with Crippen LogP contribution in [0.2, 0.25) is 0 Å². The molecular formula is C13H11F4N3O. The largest absolute Gasteiger partial charge is 0.434 e. The van der Waals surface area contributed by atoms with Crippen LogP contribution in [0.1, 0.15) is 30.1 Å². The Bertz CT molecular complexity index is 677. The van der Waals surface area contributed by atoms with E-state index in [1.807, 2.05) is 0 Å². The lowest BCUT2D eigenvalue weighted by molar-refractivity contribution is -0.140. The molecule has 1 aliphatic rings. The van der Waals surface area contributed by atoms with E-state index in [2.05, 4.69) is 9.97 Å². The minimum absolute atomic E-state index is 0.0951. The Labute approximate surface area is 117 Å². The molecular weight excluding hydrogens is 290 g/mol. The maximum atomic E-state index is 14.0. The molecule has 21 heavy (non-hydrogen) atoms. The summed E-state index contributed by atoms with van der Waals surface area (Å²) in [5.74, 6) is -0.936. The van der Waals surface area contributed by atoms with Crippen LogP contribution < -0.4 is 0 Å². The second-order valence-electron chi connectivity index (χ2n) is 4.92. The number of halogens is 4. The van der Waals surface area contributed by atoms with Crippen LogP contribution in [0.25, 0.3) is 11.5 Å². The molecule has 0 saturated heterocycles. The topological polar surface area (TPSA) is 50.9 Å². The zero-order valence-electron chi connectivity index (χ0n) is 10.7. The third-order valence-corrected chi connectivity index (χ3v) is 3.26. The van der Waals surface area contributed by atoms with Gasteiger partial charge in [-0.2, -0.15) is 13.2 Å². The number of alkyl halides is 3. The zero-order chi connectivity index (χ0) is 15.2. The fourth-order valence-corrected chi connectivity index (χ4v) is 2.06. The fraction of sp³-hybridized carbons (Fsp3) is 0.385. The van der Waals surface area contributed by atoms with Crippen LogP contribution in [0.3, 0.4) is 0 Å². The van der Waals surface area contributed by atoms with Crippen LogP contribution >= 0.6 is 0 Å². The molecule has 1 N–H and O–H groups in total. The summed E-state index contributed by atoms with van der Waals surface area (Å²) in [4.78, 5) is 7.30. The summed E-state index contributed by atoms with van der Waals surface area (Å²) in [5, 5.41) is 8.91. The molecule has 0 atom stereocenters. The Morgan fingerprint density at radius 1 is 1.33 bits per heavy atom. The molecule has 1 saturated carbocycles. The predicted octanol–water partition coefficient (Wildman–Crippen LogP) is 2.93. The Balaban J connectivity index is 2.11. The molecule has 0 radical (unpaired) electrons. The normalized spacial score (nSPS) is 15.5. The zero-order valence-corrected chi connectivity index (χ0v) is 10.7.